The predicted octanol–water partition coefficient (Wildman–Crippen LogP) is 3.94. The van der Waals surface area contributed by atoms with E-state index in [0.29, 0.717) is 17.9 Å². The summed E-state index contributed by atoms with van der Waals surface area (Å²) >= 11 is 0. The summed E-state index contributed by atoms with van der Waals surface area (Å²) in [5.41, 5.74) is 2.57. The van der Waals surface area contributed by atoms with E-state index >= 15 is 0 Å². The zero-order valence-corrected chi connectivity index (χ0v) is 14.8. The molecular formula is C21H16F2N4O. The number of aryl methyl sites for hydroxylation is 1. The molecule has 3 aromatic rings. The Kier molecular flexibility index (Phi) is 4.53. The highest BCUT2D eigenvalue weighted by Crippen LogP contribution is 2.30. The maximum Gasteiger partial charge on any atom is 0.274 e. The minimum atomic E-state index is -0.781. The van der Waals surface area contributed by atoms with Crippen LogP contribution in [-0.4, -0.2) is 9.78 Å². The molecule has 0 fully saturated rings. The number of nitrogens with zero attached hydrogens (tertiary/aromatic N) is 2. The highest BCUT2D eigenvalue weighted by Gasteiger charge is 2.22. The fraction of sp³-hybridized carbons (Fsp3) is 0.143. The third-order valence-corrected chi connectivity index (χ3v) is 4.76. The van der Waals surface area contributed by atoms with Crippen LogP contribution in [-0.2, 0) is 13.0 Å². The van der Waals surface area contributed by atoms with Gasteiger partial charge in [-0.2, -0.15) is 5.26 Å². The van der Waals surface area contributed by atoms with E-state index in [1.54, 1.807) is 16.8 Å². The number of allylic oxidation sites excluding steroid dienone is 1. The monoisotopic (exact) mass is 378 g/mol. The van der Waals surface area contributed by atoms with Gasteiger partial charge in [0.05, 0.1) is 23.7 Å². The van der Waals surface area contributed by atoms with Gasteiger partial charge < -0.3 is 5.32 Å². The summed E-state index contributed by atoms with van der Waals surface area (Å²) < 4.78 is 28.9. The average Bonchev–Trinajstić information content (AvgIpc) is 3.02. The zero-order valence-electron chi connectivity index (χ0n) is 14.8. The molecule has 0 unspecified atom stereocenters. The van der Waals surface area contributed by atoms with Gasteiger partial charge in [-0.05, 0) is 48.2 Å². The van der Waals surface area contributed by atoms with E-state index in [9.17, 15) is 13.6 Å². The van der Waals surface area contributed by atoms with E-state index in [2.05, 4.69) is 16.5 Å². The van der Waals surface area contributed by atoms with Crippen LogP contribution in [0.25, 0.3) is 11.1 Å². The van der Waals surface area contributed by atoms with Crippen LogP contribution in [0.1, 0.15) is 17.5 Å². The number of benzene rings is 2. The second-order valence-corrected chi connectivity index (χ2v) is 6.63. The zero-order chi connectivity index (χ0) is 19.7. The van der Waals surface area contributed by atoms with Crippen LogP contribution in [0, 0.1) is 23.0 Å². The normalized spacial score (nSPS) is 12.7. The molecule has 28 heavy (non-hydrogen) atoms. The summed E-state index contributed by atoms with van der Waals surface area (Å²) in [6.07, 6.45) is 3.37. The Hall–Kier alpha value is -3.66. The first-order valence-electron chi connectivity index (χ1n) is 8.77. The number of halogens is 2. The Balaban J connectivity index is 1.53. The van der Waals surface area contributed by atoms with Crippen LogP contribution in [0.3, 0.4) is 0 Å². The summed E-state index contributed by atoms with van der Waals surface area (Å²) in [5, 5.41) is 14.6. The summed E-state index contributed by atoms with van der Waals surface area (Å²) in [6, 6.07) is 12.7. The molecule has 0 amide bonds. The molecule has 1 aliphatic rings. The minimum absolute atomic E-state index is 0.0540. The Morgan fingerprint density at radius 1 is 1.11 bits per heavy atom. The lowest BCUT2D eigenvalue weighted by atomic mass is 10.0. The maximum absolute atomic E-state index is 14.1. The third kappa shape index (κ3) is 3.32. The van der Waals surface area contributed by atoms with Crippen LogP contribution in [0.15, 0.2) is 59.0 Å². The summed E-state index contributed by atoms with van der Waals surface area (Å²) in [6.45, 7) is 0.469. The highest BCUT2D eigenvalue weighted by molar-refractivity contribution is 5.76. The lowest BCUT2D eigenvalue weighted by Gasteiger charge is -2.18. The molecule has 0 aliphatic carbocycles. The molecule has 140 valence electrons. The number of nitrogens with one attached hydrogen (secondary N) is 2. The lowest BCUT2D eigenvalue weighted by Crippen LogP contribution is -2.14. The smallest absolute Gasteiger partial charge is 0.274 e. The van der Waals surface area contributed by atoms with Gasteiger partial charge in [0.1, 0.15) is 17.5 Å². The van der Waals surface area contributed by atoms with Crippen molar-refractivity contribution >= 4 is 5.82 Å². The van der Waals surface area contributed by atoms with Crippen molar-refractivity contribution in [1.29, 1.82) is 5.26 Å². The maximum atomic E-state index is 14.1. The summed E-state index contributed by atoms with van der Waals surface area (Å²) in [7, 11) is 0. The number of hydrogen-bond donors (Lipinski definition) is 2. The minimum Gasteiger partial charge on any atom is -0.346 e. The quantitative estimate of drug-likeness (QED) is 0.722. The van der Waals surface area contributed by atoms with Crippen molar-refractivity contribution in [2.75, 3.05) is 5.32 Å². The van der Waals surface area contributed by atoms with E-state index in [1.165, 1.54) is 6.07 Å². The molecule has 1 aliphatic heterocycles. The highest BCUT2D eigenvalue weighted by atomic mass is 19.1. The van der Waals surface area contributed by atoms with Crippen LogP contribution >= 0.6 is 0 Å². The molecule has 2 N–H and O–H groups in total. The molecule has 0 bridgehead atoms. The van der Waals surface area contributed by atoms with Gasteiger partial charge in [0.25, 0.3) is 5.56 Å². The van der Waals surface area contributed by atoms with Crippen molar-refractivity contribution in [2.24, 2.45) is 0 Å². The first-order chi connectivity index (χ1) is 13.5. The lowest BCUT2D eigenvalue weighted by molar-refractivity contribution is 0.585. The second-order valence-electron chi connectivity index (χ2n) is 6.63. The number of nitriles is 1. The topological polar surface area (TPSA) is 73.6 Å². The average molecular weight is 378 g/mol. The summed E-state index contributed by atoms with van der Waals surface area (Å²) in [4.78, 5) is 12.4. The van der Waals surface area contributed by atoms with Crippen molar-refractivity contribution in [3.05, 3.63) is 87.4 Å². The first kappa shape index (κ1) is 17.7. The van der Waals surface area contributed by atoms with Crippen molar-refractivity contribution in [3.63, 3.8) is 0 Å². The second kappa shape index (κ2) is 7.16. The molecule has 0 radical (unpaired) electrons. The molecule has 2 aromatic carbocycles. The van der Waals surface area contributed by atoms with E-state index < -0.39 is 17.2 Å². The number of aromatic amines is 1. The molecule has 0 atom stereocenters. The third-order valence-electron chi connectivity index (χ3n) is 4.76. The van der Waals surface area contributed by atoms with Crippen molar-refractivity contribution < 1.29 is 8.78 Å². The van der Waals surface area contributed by atoms with E-state index in [4.69, 9.17) is 5.26 Å². The van der Waals surface area contributed by atoms with Gasteiger partial charge >= 0.3 is 0 Å². The van der Waals surface area contributed by atoms with Crippen molar-refractivity contribution in [3.8, 4) is 17.2 Å². The molecule has 1 aromatic heterocycles. The van der Waals surface area contributed by atoms with Crippen LogP contribution < -0.4 is 10.9 Å². The SMILES string of the molecule is N#Cc1ccc(CCC2=CNc3c(-c4ccc(F)cc4F)c(=O)[nH]n3C2)cc1. The summed E-state index contributed by atoms with van der Waals surface area (Å²) in [5.74, 6) is -1.02. The molecule has 0 spiro atoms. The fourth-order valence-electron chi connectivity index (χ4n) is 3.31. The molecular weight excluding hydrogens is 362 g/mol. The number of rotatable bonds is 4. The van der Waals surface area contributed by atoms with Crippen LogP contribution in [0.2, 0.25) is 0 Å². The predicted molar refractivity (Wildman–Crippen MR) is 102 cm³/mol. The van der Waals surface area contributed by atoms with E-state index in [-0.39, 0.29) is 11.1 Å². The van der Waals surface area contributed by atoms with Gasteiger partial charge in [0.2, 0.25) is 0 Å². The van der Waals surface area contributed by atoms with E-state index in [0.717, 1.165) is 36.1 Å². The van der Waals surface area contributed by atoms with Gasteiger partial charge in [-0.25, -0.2) is 8.78 Å². The Morgan fingerprint density at radius 3 is 2.61 bits per heavy atom. The van der Waals surface area contributed by atoms with Gasteiger partial charge in [-0.3, -0.25) is 14.6 Å². The number of hydrogen-bond acceptors (Lipinski definition) is 3. The van der Waals surface area contributed by atoms with Gasteiger partial charge in [0, 0.05) is 17.8 Å². The number of anilines is 1. The Labute approximate surface area is 159 Å². The Bertz CT molecular complexity index is 1170. The van der Waals surface area contributed by atoms with Gasteiger partial charge in [-0.1, -0.05) is 12.1 Å². The number of fused-ring (bicyclic) bond motifs is 1. The van der Waals surface area contributed by atoms with Crippen molar-refractivity contribution in [2.45, 2.75) is 19.4 Å². The number of H-pyrrole nitrogens is 1. The standard InChI is InChI=1S/C21H16F2N4O/c22-16-7-8-17(18(23)9-16)19-20-25-11-15(12-27(20)26-21(19)28)6-3-13-1-4-14(10-24)5-2-13/h1-2,4-5,7-9,11,25H,3,6,12H2,(H,26,28). The molecule has 0 saturated carbocycles. The van der Waals surface area contributed by atoms with Crippen LogP contribution in [0.5, 0.6) is 0 Å². The largest absolute Gasteiger partial charge is 0.346 e. The molecule has 2 heterocycles. The molecule has 4 rings (SSSR count). The fourth-order valence-corrected chi connectivity index (χ4v) is 3.31. The van der Waals surface area contributed by atoms with Gasteiger partial charge in [-0.15, -0.1) is 0 Å². The molecule has 7 heteroatoms. The van der Waals surface area contributed by atoms with Gasteiger partial charge in [0.15, 0.2) is 0 Å². The Morgan fingerprint density at radius 2 is 1.89 bits per heavy atom. The van der Waals surface area contributed by atoms with Crippen molar-refractivity contribution in [1.82, 2.24) is 9.78 Å². The number of aromatic nitrogens is 2. The first-order valence-corrected chi connectivity index (χ1v) is 8.77. The molecule has 5 nitrogen and oxygen atoms in total. The van der Waals surface area contributed by atoms with E-state index in [1.807, 2.05) is 18.3 Å². The van der Waals surface area contributed by atoms with Crippen LogP contribution in [0.4, 0.5) is 14.6 Å². The molecule has 0 saturated heterocycles.